The van der Waals surface area contributed by atoms with E-state index >= 15 is 0 Å². The molecule has 0 aromatic carbocycles. The summed E-state index contributed by atoms with van der Waals surface area (Å²) in [5.41, 5.74) is -0.268. The number of urea groups is 1. The van der Waals surface area contributed by atoms with E-state index < -0.39 is 6.10 Å². The van der Waals surface area contributed by atoms with Crippen LogP contribution in [0.1, 0.15) is 20.8 Å². The lowest BCUT2D eigenvalue weighted by atomic mass is 10.1. The highest BCUT2D eigenvalue weighted by Gasteiger charge is 2.13. The van der Waals surface area contributed by atoms with Gasteiger partial charge in [0.15, 0.2) is 0 Å². The Morgan fingerprint density at radius 2 is 2.07 bits per heavy atom. The van der Waals surface area contributed by atoms with Crippen molar-refractivity contribution in [2.75, 3.05) is 20.3 Å². The molecule has 0 radical (unpaired) electrons. The van der Waals surface area contributed by atoms with Crippen molar-refractivity contribution >= 4 is 6.03 Å². The summed E-state index contributed by atoms with van der Waals surface area (Å²) in [7, 11) is 1.50. The minimum atomic E-state index is -0.661. The van der Waals surface area contributed by atoms with Crippen molar-refractivity contribution in [2.24, 2.45) is 0 Å². The van der Waals surface area contributed by atoms with E-state index in [0.29, 0.717) is 0 Å². The van der Waals surface area contributed by atoms with Gasteiger partial charge in [0, 0.05) is 19.2 Å². The summed E-state index contributed by atoms with van der Waals surface area (Å²) in [6, 6.07) is -0.285. The molecule has 0 saturated heterocycles. The van der Waals surface area contributed by atoms with Crippen molar-refractivity contribution in [1.82, 2.24) is 10.6 Å². The topological polar surface area (TPSA) is 70.6 Å². The normalized spacial score (nSPS) is 13.5. The number of amides is 2. The van der Waals surface area contributed by atoms with E-state index in [4.69, 9.17) is 4.74 Å². The van der Waals surface area contributed by atoms with E-state index in [0.717, 1.165) is 0 Å². The van der Waals surface area contributed by atoms with E-state index in [1.165, 1.54) is 7.11 Å². The van der Waals surface area contributed by atoms with E-state index in [9.17, 15) is 9.90 Å². The zero-order valence-corrected chi connectivity index (χ0v) is 9.26. The molecule has 14 heavy (non-hydrogen) atoms. The molecule has 0 aliphatic carbocycles. The molecule has 0 rings (SSSR count). The number of carbonyl (C=O) groups is 1. The maximum absolute atomic E-state index is 11.2. The maximum atomic E-state index is 11.2. The Morgan fingerprint density at radius 1 is 1.50 bits per heavy atom. The number of hydrogen-bond acceptors (Lipinski definition) is 3. The van der Waals surface area contributed by atoms with Crippen LogP contribution in [-0.2, 0) is 4.74 Å². The van der Waals surface area contributed by atoms with E-state index in [1.807, 2.05) is 20.8 Å². The third-order valence-corrected chi connectivity index (χ3v) is 1.35. The average Bonchev–Trinajstić information content (AvgIpc) is 1.98. The predicted molar refractivity (Wildman–Crippen MR) is 54.2 cm³/mol. The summed E-state index contributed by atoms with van der Waals surface area (Å²) in [5, 5.41) is 14.5. The lowest BCUT2D eigenvalue weighted by Gasteiger charge is -2.21. The van der Waals surface area contributed by atoms with Gasteiger partial charge in [-0.3, -0.25) is 0 Å². The maximum Gasteiger partial charge on any atom is 0.315 e. The zero-order chi connectivity index (χ0) is 11.2. The first-order valence-corrected chi connectivity index (χ1v) is 4.58. The van der Waals surface area contributed by atoms with Gasteiger partial charge in [-0.25, -0.2) is 4.79 Å². The Morgan fingerprint density at radius 3 is 2.50 bits per heavy atom. The minimum Gasteiger partial charge on any atom is -0.389 e. The van der Waals surface area contributed by atoms with Gasteiger partial charge in [-0.2, -0.15) is 0 Å². The van der Waals surface area contributed by atoms with Gasteiger partial charge in [0.25, 0.3) is 0 Å². The molecule has 0 bridgehead atoms. The van der Waals surface area contributed by atoms with Crippen LogP contribution in [-0.4, -0.2) is 43.0 Å². The molecule has 1 atom stereocenters. The highest BCUT2D eigenvalue weighted by Crippen LogP contribution is 1.97. The molecule has 1 unspecified atom stereocenters. The molecule has 0 aliphatic rings. The Bertz CT molecular complexity index is 177. The lowest BCUT2D eigenvalue weighted by molar-refractivity contribution is 0.0658. The second kappa shape index (κ2) is 5.82. The predicted octanol–water partition coefficient (Wildman–Crippen LogP) is 0.0914. The second-order valence-corrected chi connectivity index (χ2v) is 4.19. The molecule has 0 aliphatic heterocycles. The fraction of sp³-hybridized carbons (Fsp3) is 0.889. The number of rotatable bonds is 4. The fourth-order valence-corrected chi connectivity index (χ4v) is 0.847. The number of aliphatic hydroxyl groups excluding tert-OH is 1. The van der Waals surface area contributed by atoms with Gasteiger partial charge in [-0.15, -0.1) is 0 Å². The van der Waals surface area contributed by atoms with Crippen molar-refractivity contribution in [3.05, 3.63) is 0 Å². The molecular weight excluding hydrogens is 184 g/mol. The Balaban J connectivity index is 3.64. The van der Waals surface area contributed by atoms with Gasteiger partial charge in [0.1, 0.15) is 0 Å². The largest absolute Gasteiger partial charge is 0.389 e. The molecule has 0 heterocycles. The molecule has 0 spiro atoms. The molecule has 0 fully saturated rings. The first-order valence-electron chi connectivity index (χ1n) is 4.58. The quantitative estimate of drug-likeness (QED) is 0.608. The third kappa shape index (κ3) is 7.82. The zero-order valence-electron chi connectivity index (χ0n) is 9.26. The number of methoxy groups -OCH3 is 1. The standard InChI is InChI=1S/C9H20N2O3/c1-9(2,3)11-8(13)10-5-7(12)6-14-4/h7,12H,5-6H2,1-4H3,(H2,10,11,13). The van der Waals surface area contributed by atoms with E-state index in [-0.39, 0.29) is 24.7 Å². The van der Waals surface area contributed by atoms with Gasteiger partial charge in [0.05, 0.1) is 12.7 Å². The van der Waals surface area contributed by atoms with Crippen LogP contribution in [0, 0.1) is 0 Å². The highest BCUT2D eigenvalue weighted by molar-refractivity contribution is 5.74. The van der Waals surface area contributed by atoms with Crippen LogP contribution in [0.2, 0.25) is 0 Å². The molecule has 5 nitrogen and oxygen atoms in total. The summed E-state index contributed by atoms with van der Waals surface area (Å²) < 4.78 is 4.72. The van der Waals surface area contributed by atoms with Gasteiger partial charge in [-0.1, -0.05) is 0 Å². The Hall–Kier alpha value is -0.810. The summed E-state index contributed by atoms with van der Waals surface area (Å²) in [6.45, 7) is 6.07. The van der Waals surface area contributed by atoms with Crippen LogP contribution in [0.25, 0.3) is 0 Å². The second-order valence-electron chi connectivity index (χ2n) is 4.19. The summed E-state index contributed by atoms with van der Waals surface area (Å²) >= 11 is 0. The van der Waals surface area contributed by atoms with Gasteiger partial charge < -0.3 is 20.5 Å². The van der Waals surface area contributed by atoms with Crippen molar-refractivity contribution in [3.63, 3.8) is 0 Å². The molecule has 0 aromatic rings. The molecule has 2 amide bonds. The SMILES string of the molecule is COCC(O)CNC(=O)NC(C)(C)C. The van der Waals surface area contributed by atoms with Crippen molar-refractivity contribution in [2.45, 2.75) is 32.4 Å². The van der Waals surface area contributed by atoms with Crippen molar-refractivity contribution in [1.29, 1.82) is 0 Å². The van der Waals surface area contributed by atoms with Gasteiger partial charge in [0.2, 0.25) is 0 Å². The number of hydrogen-bond donors (Lipinski definition) is 3. The highest BCUT2D eigenvalue weighted by atomic mass is 16.5. The molecule has 84 valence electrons. The van der Waals surface area contributed by atoms with Crippen LogP contribution >= 0.6 is 0 Å². The van der Waals surface area contributed by atoms with Crippen LogP contribution in [0.4, 0.5) is 4.79 Å². The van der Waals surface area contributed by atoms with Gasteiger partial charge in [-0.05, 0) is 20.8 Å². The summed E-state index contributed by atoms with van der Waals surface area (Å²) in [5.74, 6) is 0. The molecule has 3 N–H and O–H groups in total. The first-order chi connectivity index (χ1) is 6.35. The number of aliphatic hydroxyl groups is 1. The van der Waals surface area contributed by atoms with Crippen LogP contribution in [0.15, 0.2) is 0 Å². The van der Waals surface area contributed by atoms with Crippen molar-refractivity contribution < 1.29 is 14.6 Å². The molecule has 0 aromatic heterocycles. The third-order valence-electron chi connectivity index (χ3n) is 1.35. The summed E-state index contributed by atoms with van der Waals surface area (Å²) in [6.07, 6.45) is -0.661. The van der Waals surface area contributed by atoms with E-state index in [1.54, 1.807) is 0 Å². The first kappa shape index (κ1) is 13.2. The molecular formula is C9H20N2O3. The van der Waals surface area contributed by atoms with Crippen LogP contribution < -0.4 is 10.6 Å². The smallest absolute Gasteiger partial charge is 0.315 e. The number of ether oxygens (including phenoxy) is 1. The van der Waals surface area contributed by atoms with Crippen LogP contribution in [0.5, 0.6) is 0 Å². The lowest BCUT2D eigenvalue weighted by Crippen LogP contribution is -2.48. The van der Waals surface area contributed by atoms with Crippen molar-refractivity contribution in [3.8, 4) is 0 Å². The fourth-order valence-electron chi connectivity index (χ4n) is 0.847. The van der Waals surface area contributed by atoms with E-state index in [2.05, 4.69) is 10.6 Å². The molecule has 0 saturated carbocycles. The summed E-state index contributed by atoms with van der Waals surface area (Å²) in [4.78, 5) is 11.2. The monoisotopic (exact) mass is 204 g/mol. The Kier molecular flexibility index (Phi) is 5.49. The number of nitrogens with one attached hydrogen (secondary N) is 2. The number of carbonyl (C=O) groups excluding carboxylic acids is 1. The Labute approximate surface area is 84.8 Å². The van der Waals surface area contributed by atoms with Crippen LogP contribution in [0.3, 0.4) is 0 Å². The average molecular weight is 204 g/mol. The molecule has 5 heteroatoms. The minimum absolute atomic E-state index is 0.190. The van der Waals surface area contributed by atoms with Gasteiger partial charge >= 0.3 is 6.03 Å².